The van der Waals surface area contributed by atoms with Crippen molar-refractivity contribution in [3.63, 3.8) is 0 Å². The molecular formula is C17H23NO4. The number of aliphatic carboxylic acids is 1. The quantitative estimate of drug-likeness (QED) is 0.908. The molecule has 1 aliphatic heterocycles. The van der Waals surface area contributed by atoms with Crippen LogP contribution in [0.3, 0.4) is 0 Å². The van der Waals surface area contributed by atoms with Gasteiger partial charge in [-0.3, -0.25) is 9.59 Å². The van der Waals surface area contributed by atoms with Gasteiger partial charge in [0.05, 0.1) is 12.1 Å². The van der Waals surface area contributed by atoms with Crippen molar-refractivity contribution in [3.8, 4) is 5.75 Å². The van der Waals surface area contributed by atoms with Gasteiger partial charge < -0.3 is 14.7 Å². The molecule has 1 unspecified atom stereocenters. The third-order valence-corrected chi connectivity index (χ3v) is 3.85. The molecule has 5 nitrogen and oxygen atoms in total. The van der Waals surface area contributed by atoms with Crippen molar-refractivity contribution in [2.24, 2.45) is 5.92 Å². The maximum Gasteiger partial charge on any atom is 0.305 e. The third kappa shape index (κ3) is 3.08. The maximum atomic E-state index is 12.6. The largest absolute Gasteiger partial charge is 0.481 e. The lowest BCUT2D eigenvalue weighted by Crippen LogP contribution is -2.49. The van der Waals surface area contributed by atoms with E-state index in [4.69, 9.17) is 9.84 Å². The number of ether oxygens (including phenoxy) is 1. The van der Waals surface area contributed by atoms with Gasteiger partial charge in [-0.25, -0.2) is 0 Å². The lowest BCUT2D eigenvalue weighted by molar-refractivity contribution is -0.136. The highest BCUT2D eigenvalue weighted by atomic mass is 16.5. The Morgan fingerprint density at radius 1 is 1.32 bits per heavy atom. The Kier molecular flexibility index (Phi) is 4.74. The molecule has 1 aromatic carbocycles. The monoisotopic (exact) mass is 305 g/mol. The first-order valence-electron chi connectivity index (χ1n) is 7.65. The number of rotatable bonds is 5. The summed E-state index contributed by atoms with van der Waals surface area (Å²) in [5.41, 5.74) is 1.71. The molecule has 0 spiro atoms. The predicted octanol–water partition coefficient (Wildman–Crippen LogP) is 3.03. The first-order valence-corrected chi connectivity index (χ1v) is 7.65. The molecule has 1 N–H and O–H groups in total. The summed E-state index contributed by atoms with van der Waals surface area (Å²) >= 11 is 0. The fourth-order valence-corrected chi connectivity index (χ4v) is 2.65. The molecule has 0 saturated carbocycles. The Bertz CT molecular complexity index is 580. The second-order valence-corrected chi connectivity index (χ2v) is 6.27. The van der Waals surface area contributed by atoms with Crippen molar-refractivity contribution in [1.82, 2.24) is 0 Å². The zero-order valence-electron chi connectivity index (χ0n) is 13.5. The Morgan fingerprint density at radius 2 is 2.00 bits per heavy atom. The highest BCUT2D eigenvalue weighted by Crippen LogP contribution is 2.41. The van der Waals surface area contributed by atoms with Crippen LogP contribution < -0.4 is 9.64 Å². The van der Waals surface area contributed by atoms with Crippen molar-refractivity contribution >= 4 is 17.6 Å². The summed E-state index contributed by atoms with van der Waals surface area (Å²) in [6, 6.07) is 5.69. The molecule has 0 aliphatic carbocycles. The maximum absolute atomic E-state index is 12.6. The van der Waals surface area contributed by atoms with Crippen LogP contribution in [-0.2, 0) is 9.59 Å². The first kappa shape index (κ1) is 16.3. The fraction of sp³-hybridized carbons (Fsp3) is 0.529. The molecule has 0 aromatic heterocycles. The third-order valence-electron chi connectivity index (χ3n) is 3.85. The molecule has 1 aromatic rings. The van der Waals surface area contributed by atoms with Crippen LogP contribution in [0.2, 0.25) is 0 Å². The van der Waals surface area contributed by atoms with E-state index in [-0.39, 0.29) is 30.7 Å². The zero-order valence-corrected chi connectivity index (χ0v) is 13.5. The average Bonchev–Trinajstić information content (AvgIpc) is 2.44. The van der Waals surface area contributed by atoms with Gasteiger partial charge in [0.15, 0.2) is 6.10 Å². The molecule has 2 rings (SSSR count). The number of carboxylic acid groups (broad SMARTS) is 1. The molecule has 120 valence electrons. The Morgan fingerprint density at radius 3 is 2.55 bits per heavy atom. The number of carboxylic acids is 1. The van der Waals surface area contributed by atoms with Crippen LogP contribution in [0, 0.1) is 5.92 Å². The van der Waals surface area contributed by atoms with Gasteiger partial charge in [-0.05, 0) is 23.5 Å². The SMILES string of the molecule is CC(C)c1cccc2c1OC(C(C)C)C(=O)N2CCC(=O)O. The number of anilines is 1. The van der Waals surface area contributed by atoms with Gasteiger partial charge in [-0.15, -0.1) is 0 Å². The molecular weight excluding hydrogens is 282 g/mol. The van der Waals surface area contributed by atoms with Crippen LogP contribution in [0.25, 0.3) is 0 Å². The first-order chi connectivity index (χ1) is 10.3. The molecule has 0 fully saturated rings. The lowest BCUT2D eigenvalue weighted by Gasteiger charge is -2.37. The smallest absolute Gasteiger partial charge is 0.305 e. The van der Waals surface area contributed by atoms with Crippen LogP contribution in [0.1, 0.15) is 45.6 Å². The van der Waals surface area contributed by atoms with E-state index in [1.165, 1.54) is 0 Å². The molecule has 0 bridgehead atoms. The van der Waals surface area contributed by atoms with Gasteiger partial charge in [-0.2, -0.15) is 0 Å². The van der Waals surface area contributed by atoms with Gasteiger partial charge in [0, 0.05) is 6.54 Å². The van der Waals surface area contributed by atoms with E-state index >= 15 is 0 Å². The minimum atomic E-state index is -0.915. The van der Waals surface area contributed by atoms with E-state index < -0.39 is 12.1 Å². The molecule has 0 saturated heterocycles. The summed E-state index contributed by atoms with van der Waals surface area (Å²) in [6.07, 6.45) is -0.650. The lowest BCUT2D eigenvalue weighted by atomic mass is 9.97. The second kappa shape index (κ2) is 6.38. The van der Waals surface area contributed by atoms with Crippen molar-refractivity contribution in [1.29, 1.82) is 0 Å². The number of hydrogen-bond acceptors (Lipinski definition) is 3. The standard InChI is InChI=1S/C17H23NO4/c1-10(2)12-6-5-7-13-16(12)22-15(11(3)4)17(21)18(13)9-8-14(19)20/h5-7,10-11,15H,8-9H2,1-4H3,(H,19,20). The highest BCUT2D eigenvalue weighted by molar-refractivity contribution is 6.00. The molecule has 1 amide bonds. The molecule has 1 heterocycles. The Labute approximate surface area is 130 Å². The molecule has 5 heteroatoms. The molecule has 0 radical (unpaired) electrons. The number of benzene rings is 1. The molecule has 1 atom stereocenters. The normalized spacial score (nSPS) is 17.6. The number of para-hydroxylation sites is 1. The number of nitrogens with zero attached hydrogens (tertiary/aromatic N) is 1. The predicted molar refractivity (Wildman–Crippen MR) is 84.4 cm³/mol. The summed E-state index contributed by atoms with van der Waals surface area (Å²) in [5.74, 6) is -0.0849. The minimum Gasteiger partial charge on any atom is -0.481 e. The molecule has 1 aliphatic rings. The van der Waals surface area contributed by atoms with Gasteiger partial charge in [-0.1, -0.05) is 39.8 Å². The molecule has 22 heavy (non-hydrogen) atoms. The van der Waals surface area contributed by atoms with Crippen molar-refractivity contribution < 1.29 is 19.4 Å². The fourth-order valence-electron chi connectivity index (χ4n) is 2.65. The minimum absolute atomic E-state index is 0.0215. The van der Waals surface area contributed by atoms with E-state index in [1.54, 1.807) is 4.90 Å². The summed E-state index contributed by atoms with van der Waals surface area (Å²) < 4.78 is 6.00. The zero-order chi connectivity index (χ0) is 16.4. The second-order valence-electron chi connectivity index (χ2n) is 6.27. The number of fused-ring (bicyclic) bond motifs is 1. The van der Waals surface area contributed by atoms with E-state index in [0.717, 1.165) is 5.56 Å². The van der Waals surface area contributed by atoms with Gasteiger partial charge in [0.1, 0.15) is 5.75 Å². The number of carbonyl (C=O) groups excluding carboxylic acids is 1. The summed E-state index contributed by atoms with van der Waals surface area (Å²) in [4.78, 5) is 25.1. The van der Waals surface area contributed by atoms with Crippen molar-refractivity contribution in [2.75, 3.05) is 11.4 Å². The summed E-state index contributed by atoms with van der Waals surface area (Å²) in [7, 11) is 0. The highest BCUT2D eigenvalue weighted by Gasteiger charge is 2.37. The number of hydrogen-bond donors (Lipinski definition) is 1. The van der Waals surface area contributed by atoms with Crippen LogP contribution >= 0.6 is 0 Å². The van der Waals surface area contributed by atoms with Crippen molar-refractivity contribution in [2.45, 2.75) is 46.1 Å². The topological polar surface area (TPSA) is 66.8 Å². The van der Waals surface area contributed by atoms with Gasteiger partial charge in [0.25, 0.3) is 5.91 Å². The van der Waals surface area contributed by atoms with Crippen molar-refractivity contribution in [3.05, 3.63) is 23.8 Å². The van der Waals surface area contributed by atoms with E-state index in [1.807, 2.05) is 32.0 Å². The number of amides is 1. The van der Waals surface area contributed by atoms with Crippen LogP contribution in [-0.4, -0.2) is 29.6 Å². The summed E-state index contributed by atoms with van der Waals surface area (Å²) in [6.45, 7) is 8.17. The average molecular weight is 305 g/mol. The van der Waals surface area contributed by atoms with Crippen LogP contribution in [0.15, 0.2) is 18.2 Å². The number of carbonyl (C=O) groups is 2. The van der Waals surface area contributed by atoms with E-state index in [2.05, 4.69) is 13.8 Å². The van der Waals surface area contributed by atoms with E-state index in [9.17, 15) is 9.59 Å². The summed E-state index contributed by atoms with van der Waals surface area (Å²) in [5, 5.41) is 8.93. The Balaban J connectivity index is 2.47. The van der Waals surface area contributed by atoms with Crippen LogP contribution in [0.4, 0.5) is 5.69 Å². The van der Waals surface area contributed by atoms with Gasteiger partial charge >= 0.3 is 5.97 Å². The van der Waals surface area contributed by atoms with Gasteiger partial charge in [0.2, 0.25) is 0 Å². The van der Waals surface area contributed by atoms with E-state index in [0.29, 0.717) is 11.4 Å². The Hall–Kier alpha value is -2.04. The van der Waals surface area contributed by atoms with Crippen LogP contribution in [0.5, 0.6) is 5.75 Å².